The second-order valence-corrected chi connectivity index (χ2v) is 6.60. The highest BCUT2D eigenvalue weighted by molar-refractivity contribution is 5.68. The van der Waals surface area contributed by atoms with Crippen molar-refractivity contribution < 1.29 is 9.47 Å². The first kappa shape index (κ1) is 16.1. The highest BCUT2D eigenvalue weighted by Crippen LogP contribution is 2.53. The Balaban J connectivity index is 1.79. The van der Waals surface area contributed by atoms with Gasteiger partial charge in [-0.05, 0) is 43.9 Å². The van der Waals surface area contributed by atoms with Gasteiger partial charge in [-0.2, -0.15) is 0 Å². The number of hydrogen-bond acceptors (Lipinski definition) is 3. The minimum atomic E-state index is 0.219. The van der Waals surface area contributed by atoms with Crippen LogP contribution in [0.25, 0.3) is 0 Å². The second kappa shape index (κ2) is 6.83. The summed E-state index contributed by atoms with van der Waals surface area (Å²) in [6, 6.07) is 15.0. The van der Waals surface area contributed by atoms with Gasteiger partial charge in [-0.15, -0.1) is 0 Å². The summed E-state index contributed by atoms with van der Waals surface area (Å²) in [6.07, 6.45) is 5.76. The third-order valence-corrected chi connectivity index (χ3v) is 5.21. The number of para-hydroxylation sites is 2. The molecule has 1 aliphatic heterocycles. The van der Waals surface area contributed by atoms with Gasteiger partial charge in [0.15, 0.2) is 0 Å². The van der Waals surface area contributed by atoms with E-state index in [-0.39, 0.29) is 6.04 Å². The van der Waals surface area contributed by atoms with Crippen molar-refractivity contribution in [1.29, 1.82) is 0 Å². The van der Waals surface area contributed by atoms with E-state index in [0.717, 1.165) is 23.6 Å². The van der Waals surface area contributed by atoms with E-state index in [1.54, 1.807) is 0 Å². The largest absolute Gasteiger partial charge is 0.494 e. The van der Waals surface area contributed by atoms with Crippen molar-refractivity contribution in [2.24, 2.45) is 5.92 Å². The normalized spacial score (nSPS) is 23.5. The summed E-state index contributed by atoms with van der Waals surface area (Å²) >= 11 is 0. The Morgan fingerprint density at radius 1 is 0.920 bits per heavy atom. The van der Waals surface area contributed by atoms with E-state index in [1.165, 1.54) is 11.1 Å². The van der Waals surface area contributed by atoms with Gasteiger partial charge in [0.05, 0.1) is 24.9 Å². The van der Waals surface area contributed by atoms with Crippen molar-refractivity contribution in [2.45, 2.75) is 32.2 Å². The average molecular weight is 335 g/mol. The molecule has 2 aromatic rings. The van der Waals surface area contributed by atoms with Crippen LogP contribution in [0.15, 0.2) is 54.6 Å². The number of fused-ring (bicyclic) bond motifs is 3. The molecule has 2 aromatic carbocycles. The van der Waals surface area contributed by atoms with E-state index < -0.39 is 0 Å². The number of anilines is 1. The van der Waals surface area contributed by atoms with E-state index >= 15 is 0 Å². The lowest BCUT2D eigenvalue weighted by molar-refractivity contribution is 0.323. The molecule has 3 atom stereocenters. The van der Waals surface area contributed by atoms with Crippen molar-refractivity contribution in [3.8, 4) is 11.5 Å². The van der Waals surface area contributed by atoms with Crippen LogP contribution in [0.3, 0.4) is 0 Å². The maximum Gasteiger partial charge on any atom is 0.142 e. The van der Waals surface area contributed by atoms with Gasteiger partial charge in [-0.25, -0.2) is 0 Å². The van der Waals surface area contributed by atoms with Crippen LogP contribution in [0, 0.1) is 5.92 Å². The van der Waals surface area contributed by atoms with Crippen LogP contribution < -0.4 is 14.8 Å². The number of hydrogen-bond donors (Lipinski definition) is 1. The fourth-order valence-corrected chi connectivity index (χ4v) is 4.20. The number of rotatable bonds is 5. The van der Waals surface area contributed by atoms with E-state index in [0.29, 0.717) is 25.0 Å². The smallest absolute Gasteiger partial charge is 0.142 e. The van der Waals surface area contributed by atoms with E-state index in [9.17, 15) is 0 Å². The Kier molecular flexibility index (Phi) is 4.39. The van der Waals surface area contributed by atoms with Crippen molar-refractivity contribution >= 4 is 5.69 Å². The molecule has 1 aliphatic carbocycles. The molecule has 0 aromatic heterocycles. The lowest BCUT2D eigenvalue weighted by atomic mass is 9.76. The zero-order chi connectivity index (χ0) is 17.2. The van der Waals surface area contributed by atoms with Crippen molar-refractivity contribution in [3.63, 3.8) is 0 Å². The first-order valence-electron chi connectivity index (χ1n) is 9.24. The second-order valence-electron chi connectivity index (χ2n) is 6.60. The Hall–Kier alpha value is -2.42. The molecule has 130 valence electrons. The molecule has 0 fully saturated rings. The molecule has 0 radical (unpaired) electrons. The molecule has 0 amide bonds. The summed E-state index contributed by atoms with van der Waals surface area (Å²) in [4.78, 5) is 0. The van der Waals surface area contributed by atoms with Crippen LogP contribution in [0.4, 0.5) is 5.69 Å². The van der Waals surface area contributed by atoms with Crippen molar-refractivity contribution in [3.05, 3.63) is 65.7 Å². The first-order chi connectivity index (χ1) is 12.3. The highest BCUT2D eigenvalue weighted by atomic mass is 16.5. The molecule has 0 saturated heterocycles. The summed E-state index contributed by atoms with van der Waals surface area (Å²) in [5.74, 6) is 2.85. The number of allylic oxidation sites excluding steroid dienone is 2. The maximum atomic E-state index is 5.91. The third-order valence-electron chi connectivity index (χ3n) is 5.21. The number of ether oxygens (including phenoxy) is 2. The predicted octanol–water partition coefficient (Wildman–Crippen LogP) is 5.31. The molecule has 3 heteroatoms. The van der Waals surface area contributed by atoms with E-state index in [2.05, 4.69) is 53.9 Å². The zero-order valence-corrected chi connectivity index (χ0v) is 14.9. The Labute approximate surface area is 149 Å². The SMILES string of the molecule is CCOc1ccccc1C1Nc2c(OCC)cccc2C2C=CCC21. The van der Waals surface area contributed by atoms with Gasteiger partial charge >= 0.3 is 0 Å². The maximum absolute atomic E-state index is 5.91. The number of nitrogens with one attached hydrogen (secondary N) is 1. The van der Waals surface area contributed by atoms with Crippen LogP contribution in [0.1, 0.15) is 43.4 Å². The van der Waals surface area contributed by atoms with Crippen molar-refractivity contribution in [2.75, 3.05) is 18.5 Å². The molecule has 4 rings (SSSR count). The van der Waals surface area contributed by atoms with Gasteiger partial charge in [0.25, 0.3) is 0 Å². The first-order valence-corrected chi connectivity index (χ1v) is 9.24. The fourth-order valence-electron chi connectivity index (χ4n) is 4.20. The van der Waals surface area contributed by atoms with Crippen LogP contribution in [0.2, 0.25) is 0 Å². The standard InChI is InChI=1S/C22H25NO2/c1-3-24-19-13-6-5-9-18(19)21-16-11-7-10-15(16)17-12-8-14-20(25-4-2)22(17)23-21/h5-10,12-16,21,23H,3-4,11H2,1-2H3. The van der Waals surface area contributed by atoms with Crippen LogP contribution >= 0.6 is 0 Å². The van der Waals surface area contributed by atoms with Gasteiger partial charge in [-0.1, -0.05) is 42.5 Å². The Bertz CT molecular complexity index is 783. The monoisotopic (exact) mass is 335 g/mol. The molecule has 0 bridgehead atoms. The van der Waals surface area contributed by atoms with Gasteiger partial charge in [0, 0.05) is 11.5 Å². The van der Waals surface area contributed by atoms with Crippen molar-refractivity contribution in [1.82, 2.24) is 0 Å². The van der Waals surface area contributed by atoms with Gasteiger partial charge < -0.3 is 14.8 Å². The Morgan fingerprint density at radius 3 is 2.48 bits per heavy atom. The molecule has 0 spiro atoms. The molecule has 3 nitrogen and oxygen atoms in total. The molecule has 25 heavy (non-hydrogen) atoms. The molecule has 1 N–H and O–H groups in total. The minimum Gasteiger partial charge on any atom is -0.494 e. The summed E-state index contributed by atoms with van der Waals surface area (Å²) in [5.41, 5.74) is 3.71. The third kappa shape index (κ3) is 2.78. The molecular formula is C22H25NO2. The van der Waals surface area contributed by atoms with Gasteiger partial charge in [-0.3, -0.25) is 0 Å². The van der Waals surface area contributed by atoms with Crippen LogP contribution in [0.5, 0.6) is 11.5 Å². The average Bonchev–Trinajstić information content (AvgIpc) is 3.13. The summed E-state index contributed by atoms with van der Waals surface area (Å²) in [7, 11) is 0. The summed E-state index contributed by atoms with van der Waals surface area (Å²) < 4.78 is 11.8. The molecule has 1 heterocycles. The van der Waals surface area contributed by atoms with Crippen LogP contribution in [-0.4, -0.2) is 13.2 Å². The minimum absolute atomic E-state index is 0.219. The zero-order valence-electron chi connectivity index (χ0n) is 14.9. The lowest BCUT2D eigenvalue weighted by Gasteiger charge is -2.38. The van der Waals surface area contributed by atoms with E-state index in [1.807, 2.05) is 19.9 Å². The highest BCUT2D eigenvalue weighted by Gasteiger charge is 2.39. The quantitative estimate of drug-likeness (QED) is 0.751. The topological polar surface area (TPSA) is 30.5 Å². The fraction of sp³-hybridized carbons (Fsp3) is 0.364. The molecule has 3 unspecified atom stereocenters. The molecular weight excluding hydrogens is 310 g/mol. The molecule has 0 saturated carbocycles. The van der Waals surface area contributed by atoms with Crippen LogP contribution in [-0.2, 0) is 0 Å². The predicted molar refractivity (Wildman–Crippen MR) is 102 cm³/mol. The summed E-state index contributed by atoms with van der Waals surface area (Å²) in [5, 5.41) is 3.79. The Morgan fingerprint density at radius 2 is 1.64 bits per heavy atom. The summed E-state index contributed by atoms with van der Waals surface area (Å²) in [6.45, 7) is 5.41. The van der Waals surface area contributed by atoms with Gasteiger partial charge in [0.1, 0.15) is 11.5 Å². The molecule has 2 aliphatic rings. The lowest BCUT2D eigenvalue weighted by Crippen LogP contribution is -2.29. The van der Waals surface area contributed by atoms with E-state index in [4.69, 9.17) is 9.47 Å². The number of benzene rings is 2. The van der Waals surface area contributed by atoms with Gasteiger partial charge in [0.2, 0.25) is 0 Å².